The van der Waals surface area contributed by atoms with E-state index in [0.717, 1.165) is 16.5 Å². The van der Waals surface area contributed by atoms with E-state index >= 15 is 0 Å². The van der Waals surface area contributed by atoms with Crippen LogP contribution in [0.15, 0.2) is 63.9 Å². The van der Waals surface area contributed by atoms with Gasteiger partial charge < -0.3 is 4.42 Å². The van der Waals surface area contributed by atoms with Crippen LogP contribution in [0.2, 0.25) is 0 Å². The lowest BCUT2D eigenvalue weighted by Crippen LogP contribution is -2.26. The molecule has 0 unspecified atom stereocenters. The van der Waals surface area contributed by atoms with Gasteiger partial charge in [-0.25, -0.2) is 8.42 Å². The zero-order valence-corrected chi connectivity index (χ0v) is 13.3. The summed E-state index contributed by atoms with van der Waals surface area (Å²) in [7, 11) is -1.96. The van der Waals surface area contributed by atoms with Crippen molar-refractivity contribution in [1.82, 2.24) is 4.31 Å². The molecule has 2 aromatic carbocycles. The van der Waals surface area contributed by atoms with Crippen molar-refractivity contribution in [2.45, 2.75) is 18.4 Å². The molecular formula is C17H17NO3S. The Balaban J connectivity index is 1.88. The van der Waals surface area contributed by atoms with E-state index in [1.54, 1.807) is 25.2 Å². The van der Waals surface area contributed by atoms with Crippen LogP contribution in [-0.4, -0.2) is 19.8 Å². The molecule has 0 fully saturated rings. The molecule has 1 heterocycles. The molecule has 0 spiro atoms. The molecule has 0 atom stereocenters. The molecule has 22 heavy (non-hydrogen) atoms. The smallest absolute Gasteiger partial charge is 0.243 e. The van der Waals surface area contributed by atoms with Crippen LogP contribution in [-0.2, 0) is 16.6 Å². The molecule has 5 heteroatoms. The summed E-state index contributed by atoms with van der Waals surface area (Å²) < 4.78 is 32.2. The molecule has 3 aromatic rings. The van der Waals surface area contributed by atoms with E-state index in [2.05, 4.69) is 0 Å². The quantitative estimate of drug-likeness (QED) is 0.739. The van der Waals surface area contributed by atoms with Gasteiger partial charge in [-0.2, -0.15) is 4.31 Å². The standard InChI is InChI=1S/C17H17NO3S/c1-13-6-5-8-16(10-13)22(19,20)18(2)12-15-11-14-7-3-4-9-17(14)21-15/h3-11H,12H2,1-2H3. The van der Waals surface area contributed by atoms with Crippen molar-refractivity contribution in [2.24, 2.45) is 0 Å². The zero-order chi connectivity index (χ0) is 15.7. The van der Waals surface area contributed by atoms with Gasteiger partial charge >= 0.3 is 0 Å². The highest BCUT2D eigenvalue weighted by atomic mass is 32.2. The molecule has 0 bridgehead atoms. The number of benzene rings is 2. The second kappa shape index (κ2) is 5.59. The third-order valence-corrected chi connectivity index (χ3v) is 5.35. The van der Waals surface area contributed by atoms with E-state index in [1.165, 1.54) is 4.31 Å². The van der Waals surface area contributed by atoms with E-state index in [4.69, 9.17) is 4.42 Å². The van der Waals surface area contributed by atoms with Crippen molar-refractivity contribution in [1.29, 1.82) is 0 Å². The third-order valence-electron chi connectivity index (χ3n) is 3.55. The zero-order valence-electron chi connectivity index (χ0n) is 12.5. The molecule has 0 saturated carbocycles. The van der Waals surface area contributed by atoms with E-state index in [-0.39, 0.29) is 6.54 Å². The molecule has 1 aromatic heterocycles. The van der Waals surface area contributed by atoms with E-state index in [9.17, 15) is 8.42 Å². The van der Waals surface area contributed by atoms with Gasteiger partial charge in [0.25, 0.3) is 0 Å². The molecule has 114 valence electrons. The summed E-state index contributed by atoms with van der Waals surface area (Å²) in [5.74, 6) is 0.625. The Bertz CT molecular complexity index is 879. The lowest BCUT2D eigenvalue weighted by Gasteiger charge is -2.16. The van der Waals surface area contributed by atoms with Gasteiger partial charge in [0, 0.05) is 12.4 Å². The number of hydrogen-bond acceptors (Lipinski definition) is 3. The number of hydrogen-bond donors (Lipinski definition) is 0. The van der Waals surface area contributed by atoms with Crippen molar-refractivity contribution >= 4 is 21.0 Å². The Morgan fingerprint density at radius 1 is 1.05 bits per heavy atom. The van der Waals surface area contributed by atoms with Crippen molar-refractivity contribution in [3.05, 3.63) is 65.9 Å². The highest BCUT2D eigenvalue weighted by Crippen LogP contribution is 2.22. The highest BCUT2D eigenvalue weighted by Gasteiger charge is 2.22. The maximum atomic E-state index is 12.6. The Morgan fingerprint density at radius 2 is 1.82 bits per heavy atom. The van der Waals surface area contributed by atoms with Gasteiger partial charge in [0.15, 0.2) is 0 Å². The average Bonchev–Trinajstić information content (AvgIpc) is 2.89. The number of rotatable bonds is 4. The van der Waals surface area contributed by atoms with Gasteiger partial charge in [0.2, 0.25) is 10.0 Å². The predicted octanol–water partition coefficient (Wildman–Crippen LogP) is 3.56. The number of para-hydroxylation sites is 1. The normalized spacial score (nSPS) is 12.1. The highest BCUT2D eigenvalue weighted by molar-refractivity contribution is 7.89. The van der Waals surface area contributed by atoms with Crippen LogP contribution in [0.25, 0.3) is 11.0 Å². The fourth-order valence-electron chi connectivity index (χ4n) is 2.37. The van der Waals surface area contributed by atoms with E-state index < -0.39 is 10.0 Å². The average molecular weight is 315 g/mol. The second-order valence-electron chi connectivity index (χ2n) is 5.33. The van der Waals surface area contributed by atoms with Crippen LogP contribution in [0.1, 0.15) is 11.3 Å². The van der Waals surface area contributed by atoms with Gasteiger partial charge in [0.1, 0.15) is 11.3 Å². The van der Waals surface area contributed by atoms with Crippen LogP contribution in [0.4, 0.5) is 0 Å². The van der Waals surface area contributed by atoms with Gasteiger partial charge in [0.05, 0.1) is 11.4 Å². The summed E-state index contributed by atoms with van der Waals surface area (Å²) in [6, 6.07) is 16.4. The predicted molar refractivity (Wildman–Crippen MR) is 86.0 cm³/mol. The Morgan fingerprint density at radius 3 is 2.55 bits per heavy atom. The van der Waals surface area contributed by atoms with Crippen LogP contribution >= 0.6 is 0 Å². The van der Waals surface area contributed by atoms with Gasteiger partial charge in [-0.3, -0.25) is 0 Å². The first-order valence-corrected chi connectivity index (χ1v) is 8.41. The van der Waals surface area contributed by atoms with E-state index in [0.29, 0.717) is 10.7 Å². The fraction of sp³-hybridized carbons (Fsp3) is 0.176. The second-order valence-corrected chi connectivity index (χ2v) is 7.37. The largest absolute Gasteiger partial charge is 0.460 e. The van der Waals surface area contributed by atoms with Crippen LogP contribution in [0.3, 0.4) is 0 Å². The van der Waals surface area contributed by atoms with Gasteiger partial charge in [-0.15, -0.1) is 0 Å². The minimum Gasteiger partial charge on any atom is -0.460 e. The molecule has 3 rings (SSSR count). The summed E-state index contributed by atoms with van der Waals surface area (Å²) >= 11 is 0. The van der Waals surface area contributed by atoms with Crippen molar-refractivity contribution < 1.29 is 12.8 Å². The Labute approximate surface area is 130 Å². The van der Waals surface area contributed by atoms with Crippen LogP contribution < -0.4 is 0 Å². The van der Waals surface area contributed by atoms with Gasteiger partial charge in [-0.05, 0) is 36.8 Å². The maximum Gasteiger partial charge on any atom is 0.243 e. The molecule has 0 aliphatic carbocycles. The number of aryl methyl sites for hydroxylation is 1. The molecule has 0 N–H and O–H groups in total. The molecule has 0 saturated heterocycles. The fourth-order valence-corrected chi connectivity index (χ4v) is 3.62. The first kappa shape index (κ1) is 14.8. The summed E-state index contributed by atoms with van der Waals surface area (Å²) in [5, 5.41) is 0.971. The summed E-state index contributed by atoms with van der Waals surface area (Å²) in [6.07, 6.45) is 0. The number of sulfonamides is 1. The molecule has 0 radical (unpaired) electrons. The topological polar surface area (TPSA) is 50.5 Å². The molecule has 4 nitrogen and oxygen atoms in total. The SMILES string of the molecule is Cc1cccc(S(=O)(=O)N(C)Cc2cc3ccccc3o2)c1. The lowest BCUT2D eigenvalue weighted by atomic mass is 10.2. The van der Waals surface area contributed by atoms with Crippen molar-refractivity contribution in [2.75, 3.05) is 7.05 Å². The Kier molecular flexibility index (Phi) is 3.76. The molecule has 0 aliphatic heterocycles. The number of fused-ring (bicyclic) bond motifs is 1. The summed E-state index contributed by atoms with van der Waals surface area (Å²) in [4.78, 5) is 0.297. The van der Waals surface area contributed by atoms with Crippen molar-refractivity contribution in [3.63, 3.8) is 0 Å². The molecule has 0 aliphatic rings. The van der Waals surface area contributed by atoms with Crippen LogP contribution in [0, 0.1) is 6.92 Å². The van der Waals surface area contributed by atoms with Gasteiger partial charge in [-0.1, -0.05) is 30.3 Å². The lowest BCUT2D eigenvalue weighted by molar-refractivity contribution is 0.418. The Hall–Kier alpha value is -2.11. The first-order chi connectivity index (χ1) is 10.5. The monoisotopic (exact) mass is 315 g/mol. The minimum atomic E-state index is -3.52. The maximum absolute atomic E-state index is 12.6. The number of furan rings is 1. The molecule has 0 amide bonds. The van der Waals surface area contributed by atoms with E-state index in [1.807, 2.05) is 43.3 Å². The minimum absolute atomic E-state index is 0.199. The molecular weight excluding hydrogens is 298 g/mol. The summed E-state index contributed by atoms with van der Waals surface area (Å²) in [6.45, 7) is 2.07. The van der Waals surface area contributed by atoms with Crippen LogP contribution in [0.5, 0.6) is 0 Å². The third kappa shape index (κ3) is 2.77. The first-order valence-electron chi connectivity index (χ1n) is 6.97. The summed E-state index contributed by atoms with van der Waals surface area (Å²) in [5.41, 5.74) is 1.68. The van der Waals surface area contributed by atoms with Crippen molar-refractivity contribution in [3.8, 4) is 0 Å². The number of nitrogens with zero attached hydrogens (tertiary/aromatic N) is 1.